The van der Waals surface area contributed by atoms with E-state index >= 15 is 0 Å². The van der Waals surface area contributed by atoms with Crippen molar-refractivity contribution in [2.45, 2.75) is 101 Å². The van der Waals surface area contributed by atoms with Crippen molar-refractivity contribution in [3.8, 4) is 0 Å². The molecular formula is C20H34O14. The van der Waals surface area contributed by atoms with E-state index in [0.717, 1.165) is 0 Å². The van der Waals surface area contributed by atoms with Crippen LogP contribution in [0.25, 0.3) is 0 Å². The second-order valence-corrected chi connectivity index (χ2v) is 9.11. The molecule has 10 unspecified atom stereocenters. The monoisotopic (exact) mass is 498 g/mol. The van der Waals surface area contributed by atoms with Crippen molar-refractivity contribution in [3.63, 3.8) is 0 Å². The first kappa shape index (κ1) is 28.8. The van der Waals surface area contributed by atoms with Gasteiger partial charge in [0.15, 0.2) is 12.6 Å². The maximum absolute atomic E-state index is 12.0. The second-order valence-electron chi connectivity index (χ2n) is 9.11. The maximum atomic E-state index is 12.0. The minimum absolute atomic E-state index is 0.254. The van der Waals surface area contributed by atoms with Crippen LogP contribution in [0.15, 0.2) is 0 Å². The Hall–Kier alpha value is -1.46. The summed E-state index contributed by atoms with van der Waals surface area (Å²) in [6.07, 6.45) is -17.2. The number of aliphatic hydroxyl groups excluding tert-OH is 7. The summed E-state index contributed by atoms with van der Waals surface area (Å²) in [7, 11) is 0. The number of ether oxygens (including phenoxy) is 5. The summed E-state index contributed by atoms with van der Waals surface area (Å²) in [5.74, 6) is -1.44. The summed E-state index contributed by atoms with van der Waals surface area (Å²) in [6, 6.07) is 0. The van der Waals surface area contributed by atoms with E-state index in [2.05, 4.69) is 0 Å². The number of carbonyl (C=O) groups is 2. The highest BCUT2D eigenvalue weighted by atomic mass is 16.7. The highest BCUT2D eigenvalue weighted by Gasteiger charge is 2.50. The van der Waals surface area contributed by atoms with E-state index in [1.165, 1.54) is 0 Å². The quantitative estimate of drug-likeness (QED) is 0.160. The Balaban J connectivity index is 2.01. The fraction of sp³-hybridized carbons (Fsp3) is 0.900. The number of hydrogen-bond acceptors (Lipinski definition) is 14. The van der Waals surface area contributed by atoms with Crippen LogP contribution in [0.4, 0.5) is 0 Å². The molecule has 2 rings (SSSR count). The standard InChI is InChI=1S/C20H34O14/c1-20(2,3)34-11(23)5-4-10(22)30-7-9-17(14(26)15(27)18(29)31-9)33-19-16(28)13(25)12(24)8(6-21)32-19/h8-9,12-19,21,24-29H,4-7H2,1-3H3. The van der Waals surface area contributed by atoms with Gasteiger partial charge in [0.2, 0.25) is 0 Å². The number of carbonyl (C=O) groups excluding carboxylic acids is 2. The normalized spacial score (nSPS) is 38.9. The lowest BCUT2D eigenvalue weighted by molar-refractivity contribution is -0.355. The molecule has 14 nitrogen and oxygen atoms in total. The molecule has 198 valence electrons. The molecule has 0 radical (unpaired) electrons. The van der Waals surface area contributed by atoms with Gasteiger partial charge in [0, 0.05) is 0 Å². The molecule has 2 aliphatic rings. The first-order valence-electron chi connectivity index (χ1n) is 10.8. The fourth-order valence-electron chi connectivity index (χ4n) is 3.40. The lowest BCUT2D eigenvalue weighted by Gasteiger charge is -2.45. The van der Waals surface area contributed by atoms with Crippen molar-refractivity contribution < 1.29 is 69.0 Å². The van der Waals surface area contributed by atoms with Gasteiger partial charge in [-0.1, -0.05) is 0 Å². The fourth-order valence-corrected chi connectivity index (χ4v) is 3.40. The van der Waals surface area contributed by atoms with Gasteiger partial charge in [0.25, 0.3) is 0 Å². The third kappa shape index (κ3) is 7.52. The molecule has 34 heavy (non-hydrogen) atoms. The van der Waals surface area contributed by atoms with E-state index in [0.29, 0.717) is 0 Å². The molecule has 0 amide bonds. The van der Waals surface area contributed by atoms with Crippen LogP contribution < -0.4 is 0 Å². The van der Waals surface area contributed by atoms with E-state index in [-0.39, 0.29) is 12.8 Å². The van der Waals surface area contributed by atoms with Crippen LogP contribution in [0.2, 0.25) is 0 Å². The summed E-state index contributed by atoms with van der Waals surface area (Å²) in [5.41, 5.74) is -0.723. The predicted octanol–water partition coefficient (Wildman–Crippen LogP) is -3.72. The number of aliphatic hydroxyl groups is 7. The summed E-state index contributed by atoms with van der Waals surface area (Å²) in [5, 5.41) is 69.4. The largest absolute Gasteiger partial charge is 0.463 e. The summed E-state index contributed by atoms with van der Waals surface area (Å²) in [4.78, 5) is 23.8. The molecule has 10 atom stereocenters. The van der Waals surface area contributed by atoms with Crippen molar-refractivity contribution in [2.24, 2.45) is 0 Å². The van der Waals surface area contributed by atoms with Gasteiger partial charge in [-0.25, -0.2) is 0 Å². The van der Waals surface area contributed by atoms with Crippen LogP contribution in [0, 0.1) is 0 Å². The van der Waals surface area contributed by atoms with Gasteiger partial charge in [-0.05, 0) is 20.8 Å². The lowest BCUT2D eigenvalue weighted by atomic mass is 9.97. The first-order chi connectivity index (χ1) is 15.7. The van der Waals surface area contributed by atoms with Crippen LogP contribution >= 0.6 is 0 Å². The van der Waals surface area contributed by atoms with Crippen LogP contribution in [0.5, 0.6) is 0 Å². The number of hydrogen-bond donors (Lipinski definition) is 7. The van der Waals surface area contributed by atoms with E-state index < -0.39 is 92.2 Å². The Kier molecular flexibility index (Phi) is 10.1. The minimum atomic E-state index is -1.87. The molecular weight excluding hydrogens is 464 g/mol. The SMILES string of the molecule is CC(C)(C)OC(=O)CCC(=O)OCC1OC(O)C(O)C(O)C1OC1OC(CO)C(O)C(O)C1O. The molecule has 0 aromatic rings. The molecule has 0 bridgehead atoms. The Labute approximate surface area is 195 Å². The van der Waals surface area contributed by atoms with Gasteiger partial charge < -0.3 is 59.4 Å². The summed E-state index contributed by atoms with van der Waals surface area (Å²) >= 11 is 0. The van der Waals surface area contributed by atoms with Crippen molar-refractivity contribution >= 4 is 11.9 Å². The molecule has 2 aliphatic heterocycles. The highest BCUT2D eigenvalue weighted by Crippen LogP contribution is 2.29. The van der Waals surface area contributed by atoms with Crippen molar-refractivity contribution in [2.75, 3.05) is 13.2 Å². The molecule has 0 aromatic heterocycles. The molecule has 2 heterocycles. The zero-order chi connectivity index (χ0) is 25.8. The molecule has 0 spiro atoms. The second kappa shape index (κ2) is 12.0. The Morgan fingerprint density at radius 2 is 1.41 bits per heavy atom. The minimum Gasteiger partial charge on any atom is -0.463 e. The van der Waals surface area contributed by atoms with Gasteiger partial charge in [0.1, 0.15) is 61.0 Å². The Morgan fingerprint density at radius 1 is 0.794 bits per heavy atom. The number of rotatable bonds is 8. The van der Waals surface area contributed by atoms with Gasteiger partial charge in [0.05, 0.1) is 19.4 Å². The van der Waals surface area contributed by atoms with Gasteiger partial charge in [-0.2, -0.15) is 0 Å². The lowest BCUT2D eigenvalue weighted by Crippen LogP contribution is -2.64. The summed E-state index contributed by atoms with van der Waals surface area (Å²) in [6.45, 7) is 3.70. The third-order valence-corrected chi connectivity index (χ3v) is 5.16. The Bertz CT molecular complexity index is 679. The maximum Gasteiger partial charge on any atom is 0.306 e. The Morgan fingerprint density at radius 3 is 2.00 bits per heavy atom. The number of esters is 2. The van der Waals surface area contributed by atoms with Gasteiger partial charge in [-0.15, -0.1) is 0 Å². The average Bonchev–Trinajstić information content (AvgIpc) is 2.75. The molecule has 0 aliphatic carbocycles. The van der Waals surface area contributed by atoms with Crippen molar-refractivity contribution in [3.05, 3.63) is 0 Å². The molecule has 14 heteroatoms. The van der Waals surface area contributed by atoms with E-state index in [9.17, 15) is 45.3 Å². The highest BCUT2D eigenvalue weighted by molar-refractivity contribution is 5.77. The zero-order valence-corrected chi connectivity index (χ0v) is 19.1. The van der Waals surface area contributed by atoms with Crippen LogP contribution in [-0.4, -0.2) is 128 Å². The molecule has 0 aromatic carbocycles. The topological polar surface area (TPSA) is 222 Å². The smallest absolute Gasteiger partial charge is 0.306 e. The summed E-state index contributed by atoms with van der Waals surface area (Å²) < 4.78 is 26.0. The van der Waals surface area contributed by atoms with Crippen LogP contribution in [0.3, 0.4) is 0 Å². The first-order valence-corrected chi connectivity index (χ1v) is 10.8. The van der Waals surface area contributed by atoms with E-state index in [4.69, 9.17) is 23.7 Å². The predicted molar refractivity (Wildman–Crippen MR) is 108 cm³/mol. The van der Waals surface area contributed by atoms with Crippen molar-refractivity contribution in [1.82, 2.24) is 0 Å². The zero-order valence-electron chi connectivity index (χ0n) is 19.1. The van der Waals surface area contributed by atoms with Crippen LogP contribution in [0.1, 0.15) is 33.6 Å². The van der Waals surface area contributed by atoms with E-state index in [1.807, 2.05) is 0 Å². The van der Waals surface area contributed by atoms with E-state index in [1.54, 1.807) is 20.8 Å². The third-order valence-electron chi connectivity index (χ3n) is 5.16. The van der Waals surface area contributed by atoms with Crippen LogP contribution in [-0.2, 0) is 33.3 Å². The van der Waals surface area contributed by atoms with Crippen molar-refractivity contribution in [1.29, 1.82) is 0 Å². The van der Waals surface area contributed by atoms with Gasteiger partial charge in [-0.3, -0.25) is 9.59 Å². The average molecular weight is 498 g/mol. The molecule has 0 saturated carbocycles. The molecule has 2 saturated heterocycles. The molecule has 2 fully saturated rings. The van der Waals surface area contributed by atoms with Gasteiger partial charge >= 0.3 is 11.9 Å². The molecule has 7 N–H and O–H groups in total.